The molecule has 0 bridgehead atoms. The van der Waals surface area contributed by atoms with Gasteiger partial charge in [-0.3, -0.25) is 0 Å². The number of amides is 1. The molecule has 2 rings (SSSR count). The molecular formula is C13H14ClNO2. The van der Waals surface area contributed by atoms with E-state index in [2.05, 4.69) is 0 Å². The first-order valence-electron chi connectivity index (χ1n) is 5.50. The van der Waals surface area contributed by atoms with Crippen LogP contribution in [-0.4, -0.2) is 29.2 Å². The van der Waals surface area contributed by atoms with Gasteiger partial charge in [-0.25, -0.2) is 4.79 Å². The average molecular weight is 252 g/mol. The summed E-state index contributed by atoms with van der Waals surface area (Å²) in [5.41, 5.74) is 3.48. The Hall–Kier alpha value is -1.48. The number of hydrogen-bond acceptors (Lipinski definition) is 1. The summed E-state index contributed by atoms with van der Waals surface area (Å²) in [4.78, 5) is 12.3. The highest BCUT2D eigenvalue weighted by Crippen LogP contribution is 2.28. The van der Waals surface area contributed by atoms with E-state index in [0.717, 1.165) is 22.6 Å². The van der Waals surface area contributed by atoms with Crippen molar-refractivity contribution in [3.63, 3.8) is 0 Å². The third-order valence-corrected chi connectivity index (χ3v) is 3.29. The second-order valence-corrected chi connectivity index (χ2v) is 4.66. The second kappa shape index (κ2) is 4.80. The Labute approximate surface area is 105 Å². The van der Waals surface area contributed by atoms with Crippen LogP contribution < -0.4 is 0 Å². The number of rotatable bonds is 1. The molecule has 0 aliphatic carbocycles. The molecule has 17 heavy (non-hydrogen) atoms. The molecule has 0 radical (unpaired) electrons. The van der Waals surface area contributed by atoms with E-state index in [4.69, 9.17) is 16.7 Å². The van der Waals surface area contributed by atoms with Crippen molar-refractivity contribution in [3.05, 3.63) is 40.4 Å². The number of carboxylic acid groups (broad SMARTS) is 1. The smallest absolute Gasteiger partial charge is 0.407 e. The zero-order valence-electron chi connectivity index (χ0n) is 9.61. The Morgan fingerprint density at radius 3 is 2.53 bits per heavy atom. The molecule has 0 saturated carbocycles. The summed E-state index contributed by atoms with van der Waals surface area (Å²) in [6.45, 7) is 3.04. The summed E-state index contributed by atoms with van der Waals surface area (Å²) >= 11 is 5.85. The van der Waals surface area contributed by atoms with E-state index in [1.165, 1.54) is 10.5 Å². The molecule has 1 N–H and O–H groups in total. The average Bonchev–Trinajstić information content (AvgIpc) is 2.30. The van der Waals surface area contributed by atoms with Crippen LogP contribution in [0.2, 0.25) is 5.02 Å². The van der Waals surface area contributed by atoms with Gasteiger partial charge in [0.25, 0.3) is 0 Å². The summed E-state index contributed by atoms with van der Waals surface area (Å²) in [5, 5.41) is 9.65. The number of benzene rings is 1. The zero-order chi connectivity index (χ0) is 12.4. The van der Waals surface area contributed by atoms with Crippen molar-refractivity contribution in [2.24, 2.45) is 0 Å². The third kappa shape index (κ3) is 2.61. The first kappa shape index (κ1) is 12.0. The SMILES string of the molecule is CC1=C(c2ccc(Cl)cc2)CCN(C(=O)O)C1. The Kier molecular flexibility index (Phi) is 3.38. The molecule has 1 aromatic carbocycles. The first-order valence-corrected chi connectivity index (χ1v) is 5.88. The van der Waals surface area contributed by atoms with Crippen LogP contribution in [0.5, 0.6) is 0 Å². The minimum atomic E-state index is -0.848. The van der Waals surface area contributed by atoms with Crippen LogP contribution in [0.15, 0.2) is 29.8 Å². The van der Waals surface area contributed by atoms with Gasteiger partial charge >= 0.3 is 6.09 Å². The van der Waals surface area contributed by atoms with Crippen molar-refractivity contribution in [1.82, 2.24) is 4.90 Å². The van der Waals surface area contributed by atoms with E-state index in [1.54, 1.807) is 0 Å². The lowest BCUT2D eigenvalue weighted by molar-refractivity contribution is 0.149. The Balaban J connectivity index is 2.25. The van der Waals surface area contributed by atoms with Crippen LogP contribution in [0.25, 0.3) is 5.57 Å². The van der Waals surface area contributed by atoms with Gasteiger partial charge in [0, 0.05) is 18.1 Å². The molecule has 0 spiro atoms. The largest absolute Gasteiger partial charge is 0.465 e. The van der Waals surface area contributed by atoms with Crippen LogP contribution in [0.1, 0.15) is 18.9 Å². The fourth-order valence-electron chi connectivity index (χ4n) is 2.13. The lowest BCUT2D eigenvalue weighted by atomic mass is 9.94. The van der Waals surface area contributed by atoms with Gasteiger partial charge in [-0.15, -0.1) is 0 Å². The molecule has 1 aliphatic heterocycles. The van der Waals surface area contributed by atoms with Crippen molar-refractivity contribution in [3.8, 4) is 0 Å². The van der Waals surface area contributed by atoms with Crippen molar-refractivity contribution in [1.29, 1.82) is 0 Å². The van der Waals surface area contributed by atoms with Gasteiger partial charge in [-0.2, -0.15) is 0 Å². The van der Waals surface area contributed by atoms with Gasteiger partial charge in [-0.05, 0) is 42.2 Å². The lowest BCUT2D eigenvalue weighted by Crippen LogP contribution is -2.35. The van der Waals surface area contributed by atoms with Gasteiger partial charge in [0.1, 0.15) is 0 Å². The molecule has 1 aromatic rings. The van der Waals surface area contributed by atoms with Crippen molar-refractivity contribution >= 4 is 23.3 Å². The number of carbonyl (C=O) groups is 1. The topological polar surface area (TPSA) is 40.5 Å². The lowest BCUT2D eigenvalue weighted by Gasteiger charge is -2.27. The van der Waals surface area contributed by atoms with Crippen LogP contribution in [0, 0.1) is 0 Å². The fraction of sp³-hybridized carbons (Fsp3) is 0.308. The molecule has 4 heteroatoms. The molecule has 0 fully saturated rings. The van der Waals surface area contributed by atoms with Crippen LogP contribution >= 0.6 is 11.6 Å². The predicted molar refractivity (Wildman–Crippen MR) is 68.3 cm³/mol. The summed E-state index contributed by atoms with van der Waals surface area (Å²) < 4.78 is 0. The molecule has 1 amide bonds. The van der Waals surface area contributed by atoms with E-state index in [9.17, 15) is 4.79 Å². The van der Waals surface area contributed by atoms with Crippen molar-refractivity contribution in [2.45, 2.75) is 13.3 Å². The highest BCUT2D eigenvalue weighted by atomic mass is 35.5. The van der Waals surface area contributed by atoms with Gasteiger partial charge in [0.2, 0.25) is 0 Å². The first-order chi connectivity index (χ1) is 8.08. The molecule has 3 nitrogen and oxygen atoms in total. The van der Waals surface area contributed by atoms with Crippen LogP contribution in [-0.2, 0) is 0 Å². The minimum Gasteiger partial charge on any atom is -0.465 e. The Morgan fingerprint density at radius 1 is 1.35 bits per heavy atom. The number of nitrogens with zero attached hydrogens (tertiary/aromatic N) is 1. The summed E-state index contributed by atoms with van der Waals surface area (Å²) in [6, 6.07) is 7.69. The summed E-state index contributed by atoms with van der Waals surface area (Å²) in [5.74, 6) is 0. The molecule has 0 unspecified atom stereocenters. The summed E-state index contributed by atoms with van der Waals surface area (Å²) in [6.07, 6.45) is -0.0840. The molecule has 0 aromatic heterocycles. The van der Waals surface area contributed by atoms with Gasteiger partial charge in [-0.1, -0.05) is 23.7 Å². The van der Waals surface area contributed by atoms with E-state index in [1.807, 2.05) is 31.2 Å². The third-order valence-electron chi connectivity index (χ3n) is 3.04. The highest BCUT2D eigenvalue weighted by Gasteiger charge is 2.20. The van der Waals surface area contributed by atoms with E-state index >= 15 is 0 Å². The van der Waals surface area contributed by atoms with E-state index in [-0.39, 0.29) is 0 Å². The van der Waals surface area contributed by atoms with Crippen LogP contribution in [0.4, 0.5) is 4.79 Å². The van der Waals surface area contributed by atoms with Gasteiger partial charge < -0.3 is 10.0 Å². The molecule has 0 saturated heterocycles. The van der Waals surface area contributed by atoms with Gasteiger partial charge in [0.15, 0.2) is 0 Å². The molecule has 1 aliphatic rings. The quantitative estimate of drug-likeness (QED) is 0.830. The minimum absolute atomic E-state index is 0.493. The maximum Gasteiger partial charge on any atom is 0.407 e. The molecular weight excluding hydrogens is 238 g/mol. The number of hydrogen-bond donors (Lipinski definition) is 1. The Bertz CT molecular complexity index is 465. The Morgan fingerprint density at radius 2 is 2.00 bits per heavy atom. The molecule has 0 atom stereocenters. The highest BCUT2D eigenvalue weighted by molar-refractivity contribution is 6.30. The van der Waals surface area contributed by atoms with Crippen molar-refractivity contribution in [2.75, 3.05) is 13.1 Å². The maximum absolute atomic E-state index is 10.9. The summed E-state index contributed by atoms with van der Waals surface area (Å²) in [7, 11) is 0. The van der Waals surface area contributed by atoms with E-state index < -0.39 is 6.09 Å². The monoisotopic (exact) mass is 251 g/mol. The van der Waals surface area contributed by atoms with Gasteiger partial charge in [0.05, 0.1) is 0 Å². The maximum atomic E-state index is 10.9. The fourth-order valence-corrected chi connectivity index (χ4v) is 2.25. The molecule has 90 valence electrons. The second-order valence-electron chi connectivity index (χ2n) is 4.22. The number of halogens is 1. The predicted octanol–water partition coefficient (Wildman–Crippen LogP) is 3.50. The van der Waals surface area contributed by atoms with E-state index in [0.29, 0.717) is 13.1 Å². The van der Waals surface area contributed by atoms with Crippen molar-refractivity contribution < 1.29 is 9.90 Å². The van der Waals surface area contributed by atoms with Crippen LogP contribution in [0.3, 0.4) is 0 Å². The standard InChI is InChI=1S/C13H14ClNO2/c1-9-8-15(13(16)17)7-6-12(9)10-2-4-11(14)5-3-10/h2-5H,6-8H2,1H3,(H,16,17). The zero-order valence-corrected chi connectivity index (χ0v) is 10.4. The molecule has 1 heterocycles. The normalized spacial score (nSPS) is 16.2.